The molecule has 1 fully saturated rings. The Bertz CT molecular complexity index is 375. The lowest BCUT2D eigenvalue weighted by Crippen LogP contribution is -2.27. The number of methoxy groups -OCH3 is 1. The van der Waals surface area contributed by atoms with Gasteiger partial charge in [-0.25, -0.2) is 4.39 Å². The third-order valence-electron chi connectivity index (χ3n) is 3.65. The summed E-state index contributed by atoms with van der Waals surface area (Å²) in [5.74, 6) is 0.0570. The highest BCUT2D eigenvalue weighted by Gasteiger charge is 2.13. The van der Waals surface area contributed by atoms with E-state index < -0.39 is 0 Å². The predicted octanol–water partition coefficient (Wildman–Crippen LogP) is 3.30. The van der Waals surface area contributed by atoms with Crippen molar-refractivity contribution >= 4 is 0 Å². The molecule has 1 aliphatic rings. The fraction of sp³-hybridized carbons (Fsp3) is 0.600. The van der Waals surface area contributed by atoms with Gasteiger partial charge in [0, 0.05) is 6.04 Å². The van der Waals surface area contributed by atoms with E-state index in [0.29, 0.717) is 5.75 Å². The molecule has 1 aromatic carbocycles. The molecule has 0 heterocycles. The van der Waals surface area contributed by atoms with Gasteiger partial charge in [0.1, 0.15) is 0 Å². The van der Waals surface area contributed by atoms with Gasteiger partial charge < -0.3 is 10.1 Å². The quantitative estimate of drug-likeness (QED) is 0.783. The summed E-state index contributed by atoms with van der Waals surface area (Å²) < 4.78 is 18.4. The molecule has 18 heavy (non-hydrogen) atoms. The van der Waals surface area contributed by atoms with Crippen LogP contribution < -0.4 is 10.1 Å². The van der Waals surface area contributed by atoms with Crippen LogP contribution in [0.3, 0.4) is 0 Å². The molecule has 0 aliphatic heterocycles. The van der Waals surface area contributed by atoms with Crippen LogP contribution in [0.5, 0.6) is 5.75 Å². The number of hydrogen-bond acceptors (Lipinski definition) is 2. The van der Waals surface area contributed by atoms with Crippen molar-refractivity contribution in [3.05, 3.63) is 29.6 Å². The minimum atomic E-state index is -0.265. The average Bonchev–Trinajstić information content (AvgIpc) is 2.88. The van der Waals surface area contributed by atoms with Crippen LogP contribution in [0, 0.1) is 5.82 Å². The fourth-order valence-corrected chi connectivity index (χ4v) is 2.59. The van der Waals surface area contributed by atoms with Crippen LogP contribution in [0.2, 0.25) is 0 Å². The number of hydrogen-bond donors (Lipinski definition) is 1. The summed E-state index contributed by atoms with van der Waals surface area (Å²) in [5, 5.41) is 3.57. The number of nitrogens with one attached hydrogen (secondary N) is 1. The minimum absolute atomic E-state index is 0.265. The first-order valence-corrected chi connectivity index (χ1v) is 6.85. The molecule has 0 radical (unpaired) electrons. The topological polar surface area (TPSA) is 21.3 Å². The Balaban J connectivity index is 1.71. The number of ether oxygens (including phenoxy) is 1. The van der Waals surface area contributed by atoms with Crippen molar-refractivity contribution in [1.82, 2.24) is 5.32 Å². The van der Waals surface area contributed by atoms with E-state index in [1.54, 1.807) is 12.1 Å². The summed E-state index contributed by atoms with van der Waals surface area (Å²) in [6, 6.07) is 5.94. The zero-order chi connectivity index (χ0) is 12.8. The molecule has 0 unspecified atom stereocenters. The first-order chi connectivity index (χ1) is 8.79. The highest BCUT2D eigenvalue weighted by molar-refractivity contribution is 5.29. The average molecular weight is 251 g/mol. The molecule has 0 amide bonds. The van der Waals surface area contributed by atoms with Crippen LogP contribution in [-0.2, 0) is 6.42 Å². The molecule has 1 N–H and O–H groups in total. The molecule has 0 bridgehead atoms. The highest BCUT2D eigenvalue weighted by atomic mass is 19.1. The first kappa shape index (κ1) is 13.3. The maximum Gasteiger partial charge on any atom is 0.165 e. The predicted molar refractivity (Wildman–Crippen MR) is 71.5 cm³/mol. The van der Waals surface area contributed by atoms with Crippen LogP contribution in [0.4, 0.5) is 4.39 Å². The van der Waals surface area contributed by atoms with E-state index in [0.717, 1.165) is 31.0 Å². The minimum Gasteiger partial charge on any atom is -0.494 e. The van der Waals surface area contributed by atoms with Gasteiger partial charge in [0.25, 0.3) is 0 Å². The molecule has 1 aliphatic carbocycles. The molecule has 0 saturated heterocycles. The number of aryl methyl sites for hydroxylation is 1. The van der Waals surface area contributed by atoms with Crippen LogP contribution in [0.1, 0.15) is 37.7 Å². The Morgan fingerprint density at radius 1 is 1.33 bits per heavy atom. The van der Waals surface area contributed by atoms with Gasteiger partial charge in [0.15, 0.2) is 11.6 Å². The van der Waals surface area contributed by atoms with Crippen molar-refractivity contribution in [2.45, 2.75) is 44.6 Å². The second-order valence-electron chi connectivity index (χ2n) is 5.01. The summed E-state index contributed by atoms with van der Waals surface area (Å²) >= 11 is 0. The van der Waals surface area contributed by atoms with Crippen molar-refractivity contribution in [3.8, 4) is 5.75 Å². The maximum atomic E-state index is 13.5. The maximum absolute atomic E-state index is 13.5. The zero-order valence-corrected chi connectivity index (χ0v) is 11.0. The van der Waals surface area contributed by atoms with E-state index in [-0.39, 0.29) is 5.82 Å². The van der Waals surface area contributed by atoms with E-state index in [1.807, 2.05) is 6.07 Å². The number of halogens is 1. The molecule has 3 heteroatoms. The van der Waals surface area contributed by atoms with Crippen LogP contribution in [0.25, 0.3) is 0 Å². The molecular weight excluding hydrogens is 229 g/mol. The van der Waals surface area contributed by atoms with Crippen molar-refractivity contribution in [1.29, 1.82) is 0 Å². The SMILES string of the molecule is COc1ccc(CCCNC2CCCC2)cc1F. The van der Waals surface area contributed by atoms with Gasteiger partial charge in [0.05, 0.1) is 7.11 Å². The van der Waals surface area contributed by atoms with Crippen molar-refractivity contribution in [3.63, 3.8) is 0 Å². The van der Waals surface area contributed by atoms with Crippen molar-refractivity contribution in [2.75, 3.05) is 13.7 Å². The smallest absolute Gasteiger partial charge is 0.165 e. The molecule has 0 spiro atoms. The second kappa shape index (κ2) is 6.74. The molecule has 2 nitrogen and oxygen atoms in total. The zero-order valence-electron chi connectivity index (χ0n) is 11.0. The van der Waals surface area contributed by atoms with Crippen LogP contribution in [0.15, 0.2) is 18.2 Å². The summed E-state index contributed by atoms with van der Waals surface area (Å²) in [4.78, 5) is 0. The summed E-state index contributed by atoms with van der Waals surface area (Å²) in [7, 11) is 1.49. The Labute approximate surface area is 109 Å². The van der Waals surface area contributed by atoms with Gasteiger partial charge in [0.2, 0.25) is 0 Å². The number of benzene rings is 1. The molecule has 0 aromatic heterocycles. The Morgan fingerprint density at radius 3 is 2.78 bits per heavy atom. The van der Waals surface area contributed by atoms with Crippen LogP contribution in [-0.4, -0.2) is 19.7 Å². The monoisotopic (exact) mass is 251 g/mol. The first-order valence-electron chi connectivity index (χ1n) is 6.85. The molecular formula is C15H22FNO. The standard InChI is InChI=1S/C15H22FNO/c1-18-15-9-8-12(11-14(15)16)5-4-10-17-13-6-2-3-7-13/h8-9,11,13,17H,2-7,10H2,1H3. The second-order valence-corrected chi connectivity index (χ2v) is 5.01. The van der Waals surface area contributed by atoms with Gasteiger partial charge in [-0.3, -0.25) is 0 Å². The molecule has 2 rings (SSSR count). The van der Waals surface area contributed by atoms with Gasteiger partial charge in [-0.15, -0.1) is 0 Å². The Hall–Kier alpha value is -1.09. The third kappa shape index (κ3) is 3.70. The van der Waals surface area contributed by atoms with E-state index in [1.165, 1.54) is 32.8 Å². The van der Waals surface area contributed by atoms with Gasteiger partial charge in [-0.1, -0.05) is 18.9 Å². The van der Waals surface area contributed by atoms with Crippen molar-refractivity contribution < 1.29 is 9.13 Å². The summed E-state index contributed by atoms with van der Waals surface area (Å²) in [6.07, 6.45) is 7.33. The largest absolute Gasteiger partial charge is 0.494 e. The van der Waals surface area contributed by atoms with Crippen molar-refractivity contribution in [2.24, 2.45) is 0 Å². The van der Waals surface area contributed by atoms with E-state index >= 15 is 0 Å². The fourth-order valence-electron chi connectivity index (χ4n) is 2.59. The normalized spacial score (nSPS) is 16.1. The van der Waals surface area contributed by atoms with E-state index in [4.69, 9.17) is 4.74 Å². The summed E-state index contributed by atoms with van der Waals surface area (Å²) in [5.41, 5.74) is 1.04. The number of rotatable bonds is 6. The van der Waals surface area contributed by atoms with Crippen LogP contribution >= 0.6 is 0 Å². The van der Waals surface area contributed by atoms with Gasteiger partial charge >= 0.3 is 0 Å². The lowest BCUT2D eigenvalue weighted by atomic mass is 10.1. The van der Waals surface area contributed by atoms with Gasteiger partial charge in [-0.05, 0) is 49.9 Å². The molecule has 1 saturated carbocycles. The summed E-state index contributed by atoms with van der Waals surface area (Å²) in [6.45, 7) is 1.03. The van der Waals surface area contributed by atoms with E-state index in [2.05, 4.69) is 5.32 Å². The highest BCUT2D eigenvalue weighted by Crippen LogP contribution is 2.19. The third-order valence-corrected chi connectivity index (χ3v) is 3.65. The molecule has 100 valence electrons. The molecule has 0 atom stereocenters. The lowest BCUT2D eigenvalue weighted by molar-refractivity contribution is 0.386. The Kier molecular flexibility index (Phi) is 5.00. The van der Waals surface area contributed by atoms with Gasteiger partial charge in [-0.2, -0.15) is 0 Å². The molecule has 1 aromatic rings. The Morgan fingerprint density at radius 2 is 2.11 bits per heavy atom. The van der Waals surface area contributed by atoms with E-state index in [9.17, 15) is 4.39 Å². The lowest BCUT2D eigenvalue weighted by Gasteiger charge is -2.11.